The van der Waals surface area contributed by atoms with Crippen LogP contribution in [0.15, 0.2) is 22.7 Å². The van der Waals surface area contributed by atoms with Gasteiger partial charge in [0.1, 0.15) is 5.82 Å². The summed E-state index contributed by atoms with van der Waals surface area (Å²) in [6.07, 6.45) is 0. The molecule has 2 rings (SSSR count). The van der Waals surface area contributed by atoms with Gasteiger partial charge in [0, 0.05) is 23.1 Å². The van der Waals surface area contributed by atoms with E-state index in [4.69, 9.17) is 14.0 Å². The fourth-order valence-corrected chi connectivity index (χ4v) is 1.95. The number of benzene rings is 1. The molecule has 1 aliphatic rings. The molecule has 0 N–H and O–H groups in total. The lowest BCUT2D eigenvalue weighted by Gasteiger charge is -2.32. The Morgan fingerprint density at radius 2 is 2.06 bits per heavy atom. The van der Waals surface area contributed by atoms with Crippen LogP contribution < -0.4 is 0 Å². The second kappa shape index (κ2) is 5.69. The molecule has 1 heterocycles. The quantitative estimate of drug-likeness (QED) is 0.802. The van der Waals surface area contributed by atoms with E-state index in [1.165, 1.54) is 12.1 Å². The second-order valence-corrected chi connectivity index (χ2v) is 5.98. The standard InChI is InChI=1S/C12H15BBrFO3/c1-12(2)7-17-13(18-8-12)16-6-9-5-10(15)3-4-11(9)14/h3-5H,6-8H2,1-2H3. The molecule has 0 amide bonds. The third-order valence-electron chi connectivity index (χ3n) is 2.60. The molecule has 18 heavy (non-hydrogen) atoms. The smallest absolute Gasteiger partial charge is 0.385 e. The first-order valence-corrected chi connectivity index (χ1v) is 6.54. The summed E-state index contributed by atoms with van der Waals surface area (Å²) in [5.41, 5.74) is 0.742. The van der Waals surface area contributed by atoms with Crippen LogP contribution in [0.1, 0.15) is 19.4 Å². The summed E-state index contributed by atoms with van der Waals surface area (Å²) >= 11 is 3.35. The summed E-state index contributed by atoms with van der Waals surface area (Å²) in [5, 5.41) is 0. The molecule has 1 aromatic rings. The van der Waals surface area contributed by atoms with Crippen molar-refractivity contribution in [3.63, 3.8) is 0 Å². The van der Waals surface area contributed by atoms with Gasteiger partial charge < -0.3 is 14.0 Å². The maximum atomic E-state index is 13.1. The van der Waals surface area contributed by atoms with Crippen molar-refractivity contribution in [1.29, 1.82) is 0 Å². The van der Waals surface area contributed by atoms with Crippen LogP contribution in [0.3, 0.4) is 0 Å². The van der Waals surface area contributed by atoms with E-state index >= 15 is 0 Å². The molecular weight excluding hydrogens is 302 g/mol. The molecule has 0 spiro atoms. The zero-order chi connectivity index (χ0) is 13.2. The van der Waals surface area contributed by atoms with E-state index < -0.39 is 7.32 Å². The van der Waals surface area contributed by atoms with Crippen LogP contribution in [0.25, 0.3) is 0 Å². The van der Waals surface area contributed by atoms with Gasteiger partial charge in [-0.2, -0.15) is 0 Å². The predicted octanol–water partition coefficient (Wildman–Crippen LogP) is 3.16. The summed E-state index contributed by atoms with van der Waals surface area (Å²) in [6, 6.07) is 4.47. The Hall–Kier alpha value is -0.425. The van der Waals surface area contributed by atoms with Crippen molar-refractivity contribution in [2.24, 2.45) is 5.41 Å². The van der Waals surface area contributed by atoms with E-state index in [2.05, 4.69) is 29.8 Å². The van der Waals surface area contributed by atoms with Gasteiger partial charge in [-0.25, -0.2) is 4.39 Å². The van der Waals surface area contributed by atoms with Crippen molar-refractivity contribution in [3.05, 3.63) is 34.1 Å². The minimum absolute atomic E-state index is 0.0132. The normalized spacial score (nSPS) is 19.0. The van der Waals surface area contributed by atoms with E-state index in [0.717, 1.165) is 10.0 Å². The first-order chi connectivity index (χ1) is 8.46. The Balaban J connectivity index is 1.87. The van der Waals surface area contributed by atoms with E-state index in [9.17, 15) is 4.39 Å². The molecule has 0 unspecified atom stereocenters. The zero-order valence-corrected chi connectivity index (χ0v) is 12.0. The van der Waals surface area contributed by atoms with E-state index in [1.54, 1.807) is 6.07 Å². The van der Waals surface area contributed by atoms with E-state index in [1.807, 2.05) is 0 Å². The van der Waals surface area contributed by atoms with Crippen LogP contribution in [0, 0.1) is 11.2 Å². The highest BCUT2D eigenvalue weighted by molar-refractivity contribution is 9.10. The largest absolute Gasteiger partial charge is 0.639 e. The molecule has 0 aromatic heterocycles. The van der Waals surface area contributed by atoms with Crippen LogP contribution >= 0.6 is 15.9 Å². The van der Waals surface area contributed by atoms with Gasteiger partial charge in [0.2, 0.25) is 0 Å². The summed E-state index contributed by atoms with van der Waals surface area (Å²) < 4.78 is 30.2. The van der Waals surface area contributed by atoms with Gasteiger partial charge in [0.25, 0.3) is 0 Å². The number of rotatable bonds is 3. The number of halogens is 2. The first kappa shape index (κ1) is 14.0. The van der Waals surface area contributed by atoms with Gasteiger partial charge in [-0.05, 0) is 23.8 Å². The molecular formula is C12H15BBrFO3. The van der Waals surface area contributed by atoms with Gasteiger partial charge in [-0.1, -0.05) is 29.8 Å². The summed E-state index contributed by atoms with van der Waals surface area (Å²) in [4.78, 5) is 0. The van der Waals surface area contributed by atoms with Crippen LogP contribution in [0.5, 0.6) is 0 Å². The molecule has 0 atom stereocenters. The van der Waals surface area contributed by atoms with Crippen molar-refractivity contribution in [3.8, 4) is 0 Å². The Morgan fingerprint density at radius 3 is 2.72 bits per heavy atom. The molecule has 6 heteroatoms. The van der Waals surface area contributed by atoms with Gasteiger partial charge in [-0.3, -0.25) is 0 Å². The van der Waals surface area contributed by atoms with Crippen LogP contribution in [0.4, 0.5) is 4.39 Å². The minimum atomic E-state index is -0.673. The zero-order valence-electron chi connectivity index (χ0n) is 10.4. The third-order valence-corrected chi connectivity index (χ3v) is 3.38. The van der Waals surface area contributed by atoms with Crippen LogP contribution in [-0.2, 0) is 20.6 Å². The molecule has 3 nitrogen and oxygen atoms in total. The molecule has 1 aromatic carbocycles. The maximum Gasteiger partial charge on any atom is 0.639 e. The molecule has 0 aliphatic carbocycles. The lowest BCUT2D eigenvalue weighted by atomic mass is 9.93. The Morgan fingerprint density at radius 1 is 1.39 bits per heavy atom. The highest BCUT2D eigenvalue weighted by Gasteiger charge is 2.34. The van der Waals surface area contributed by atoms with Crippen molar-refractivity contribution in [1.82, 2.24) is 0 Å². The molecule has 0 saturated carbocycles. The second-order valence-electron chi connectivity index (χ2n) is 5.12. The van der Waals surface area contributed by atoms with Gasteiger partial charge >= 0.3 is 7.32 Å². The van der Waals surface area contributed by atoms with Crippen molar-refractivity contribution >= 4 is 23.3 Å². The summed E-state index contributed by atoms with van der Waals surface area (Å²) in [5.74, 6) is -0.289. The average molecular weight is 317 g/mol. The van der Waals surface area contributed by atoms with E-state index in [-0.39, 0.29) is 17.8 Å². The van der Waals surface area contributed by atoms with Gasteiger partial charge in [0.15, 0.2) is 0 Å². The lowest BCUT2D eigenvalue weighted by Crippen LogP contribution is -2.42. The minimum Gasteiger partial charge on any atom is -0.385 e. The van der Waals surface area contributed by atoms with Gasteiger partial charge in [-0.15, -0.1) is 0 Å². The summed E-state index contributed by atoms with van der Waals surface area (Å²) in [7, 11) is -0.673. The Bertz CT molecular complexity index is 418. The fraction of sp³-hybridized carbons (Fsp3) is 0.500. The molecule has 1 aliphatic heterocycles. The van der Waals surface area contributed by atoms with Crippen LogP contribution in [-0.4, -0.2) is 20.5 Å². The maximum absolute atomic E-state index is 13.1. The monoisotopic (exact) mass is 316 g/mol. The number of hydrogen-bond acceptors (Lipinski definition) is 3. The predicted molar refractivity (Wildman–Crippen MR) is 70.3 cm³/mol. The van der Waals surface area contributed by atoms with Crippen molar-refractivity contribution in [2.45, 2.75) is 20.5 Å². The molecule has 98 valence electrons. The Labute approximate surface area is 115 Å². The molecule has 0 bridgehead atoms. The SMILES string of the molecule is CC1(C)COB(OCc2cc(F)ccc2Br)OC1. The molecule has 1 fully saturated rings. The van der Waals surface area contributed by atoms with Crippen molar-refractivity contribution < 1.29 is 18.4 Å². The molecule has 1 saturated heterocycles. The average Bonchev–Trinajstić information content (AvgIpc) is 2.32. The highest BCUT2D eigenvalue weighted by atomic mass is 79.9. The van der Waals surface area contributed by atoms with Crippen LogP contribution in [0.2, 0.25) is 0 Å². The number of hydrogen-bond donors (Lipinski definition) is 0. The van der Waals surface area contributed by atoms with Crippen molar-refractivity contribution in [2.75, 3.05) is 13.2 Å². The highest BCUT2D eigenvalue weighted by Crippen LogP contribution is 2.23. The topological polar surface area (TPSA) is 27.7 Å². The lowest BCUT2D eigenvalue weighted by molar-refractivity contribution is -0.0214. The first-order valence-electron chi connectivity index (χ1n) is 5.75. The fourth-order valence-electron chi connectivity index (χ4n) is 1.59. The van der Waals surface area contributed by atoms with E-state index in [0.29, 0.717) is 13.2 Å². The Kier molecular flexibility index (Phi) is 4.43. The van der Waals surface area contributed by atoms with Gasteiger partial charge in [0.05, 0.1) is 6.61 Å². The summed E-state index contributed by atoms with van der Waals surface area (Å²) in [6.45, 7) is 5.53. The third kappa shape index (κ3) is 3.78. The molecule has 0 radical (unpaired) electrons.